The smallest absolute Gasteiger partial charge is 0.0323 e. The minimum atomic E-state index is 0.591. The molecular formula is C18H29N. The lowest BCUT2D eigenvalue weighted by Gasteiger charge is -2.21. The third kappa shape index (κ3) is 3.39. The maximum absolute atomic E-state index is 3.76. The number of nitrogens with one attached hydrogen (secondary N) is 1. The normalized spacial score (nSPS) is 19.0. The highest BCUT2D eigenvalue weighted by atomic mass is 14.9. The van der Waals surface area contributed by atoms with Crippen molar-refractivity contribution < 1.29 is 0 Å². The van der Waals surface area contributed by atoms with Gasteiger partial charge in [-0.3, -0.25) is 0 Å². The first-order chi connectivity index (χ1) is 9.30. The van der Waals surface area contributed by atoms with Gasteiger partial charge in [0.15, 0.2) is 0 Å². The Morgan fingerprint density at radius 2 is 1.79 bits per heavy atom. The highest BCUT2D eigenvalue weighted by Gasteiger charge is 2.19. The first kappa shape index (κ1) is 14.6. The van der Waals surface area contributed by atoms with Crippen molar-refractivity contribution in [1.29, 1.82) is 0 Å². The van der Waals surface area contributed by atoms with Crippen LogP contribution in [0.25, 0.3) is 0 Å². The first-order valence-corrected chi connectivity index (χ1v) is 8.18. The van der Waals surface area contributed by atoms with E-state index >= 15 is 0 Å². The molecule has 1 nitrogen and oxygen atoms in total. The highest BCUT2D eigenvalue weighted by molar-refractivity contribution is 5.41. The van der Waals surface area contributed by atoms with Gasteiger partial charge in [0, 0.05) is 6.04 Å². The Balaban J connectivity index is 2.35. The summed E-state index contributed by atoms with van der Waals surface area (Å²) in [4.78, 5) is 0. The van der Waals surface area contributed by atoms with E-state index < -0.39 is 0 Å². The zero-order valence-corrected chi connectivity index (χ0v) is 12.9. The van der Waals surface area contributed by atoms with Crippen molar-refractivity contribution in [3.8, 4) is 0 Å². The monoisotopic (exact) mass is 259 g/mol. The van der Waals surface area contributed by atoms with Gasteiger partial charge in [-0.15, -0.1) is 0 Å². The second-order valence-electron chi connectivity index (χ2n) is 5.78. The second-order valence-corrected chi connectivity index (χ2v) is 5.78. The molecule has 19 heavy (non-hydrogen) atoms. The van der Waals surface area contributed by atoms with Crippen molar-refractivity contribution >= 4 is 0 Å². The van der Waals surface area contributed by atoms with Gasteiger partial charge in [0.1, 0.15) is 0 Å². The van der Waals surface area contributed by atoms with Crippen LogP contribution in [0.3, 0.4) is 0 Å². The van der Waals surface area contributed by atoms with E-state index in [1.165, 1.54) is 38.5 Å². The zero-order valence-electron chi connectivity index (χ0n) is 12.9. The minimum absolute atomic E-state index is 0.591. The number of fused-ring (bicyclic) bond motifs is 1. The summed E-state index contributed by atoms with van der Waals surface area (Å²) in [5.41, 5.74) is 6.34. The summed E-state index contributed by atoms with van der Waals surface area (Å²) >= 11 is 0. The predicted molar refractivity (Wildman–Crippen MR) is 83.8 cm³/mol. The van der Waals surface area contributed by atoms with Gasteiger partial charge in [-0.05, 0) is 67.3 Å². The van der Waals surface area contributed by atoms with Gasteiger partial charge in [-0.25, -0.2) is 0 Å². The molecule has 0 heterocycles. The predicted octanol–water partition coefficient (Wildman–Crippen LogP) is 4.58. The molecule has 2 rings (SSSR count). The van der Waals surface area contributed by atoms with Crippen LogP contribution >= 0.6 is 0 Å². The van der Waals surface area contributed by atoms with Crippen LogP contribution in [0.2, 0.25) is 0 Å². The third-order valence-corrected chi connectivity index (χ3v) is 4.43. The van der Waals surface area contributed by atoms with Crippen LogP contribution < -0.4 is 5.32 Å². The van der Waals surface area contributed by atoms with Gasteiger partial charge in [-0.1, -0.05) is 39.3 Å². The van der Waals surface area contributed by atoms with E-state index in [0.29, 0.717) is 6.04 Å². The fourth-order valence-corrected chi connectivity index (χ4v) is 3.31. The van der Waals surface area contributed by atoms with Crippen LogP contribution in [0.1, 0.15) is 74.8 Å². The van der Waals surface area contributed by atoms with Crippen LogP contribution in [0.5, 0.6) is 0 Å². The fourth-order valence-electron chi connectivity index (χ4n) is 3.31. The van der Waals surface area contributed by atoms with E-state index in [2.05, 4.69) is 38.2 Å². The Morgan fingerprint density at radius 1 is 1.05 bits per heavy atom. The van der Waals surface area contributed by atoms with E-state index in [0.717, 1.165) is 13.0 Å². The maximum atomic E-state index is 3.76. The second kappa shape index (κ2) is 7.09. The number of hydrogen-bond donors (Lipinski definition) is 1. The van der Waals surface area contributed by atoms with Gasteiger partial charge in [0.2, 0.25) is 0 Å². The molecule has 0 fully saturated rings. The Hall–Kier alpha value is -0.820. The maximum Gasteiger partial charge on any atom is 0.0323 e. The molecule has 106 valence electrons. The third-order valence-electron chi connectivity index (χ3n) is 4.43. The number of aryl methyl sites for hydroxylation is 3. The Bertz CT molecular complexity index is 408. The average molecular weight is 259 g/mol. The Morgan fingerprint density at radius 3 is 2.47 bits per heavy atom. The number of hydrogen-bond acceptors (Lipinski definition) is 1. The van der Waals surface area contributed by atoms with Gasteiger partial charge in [0.25, 0.3) is 0 Å². The van der Waals surface area contributed by atoms with Gasteiger partial charge in [-0.2, -0.15) is 0 Å². The summed E-state index contributed by atoms with van der Waals surface area (Å²) in [5, 5.41) is 3.76. The molecule has 0 spiro atoms. The van der Waals surface area contributed by atoms with Crippen molar-refractivity contribution in [3.63, 3.8) is 0 Å². The SMILES string of the molecule is CCCNC1CCCCc2cc(CC)c(CC)cc21. The first-order valence-electron chi connectivity index (χ1n) is 8.18. The van der Waals surface area contributed by atoms with Crippen molar-refractivity contribution in [2.45, 2.75) is 71.8 Å². The molecule has 0 aliphatic heterocycles. The molecule has 1 aliphatic rings. The Labute approximate surface area is 118 Å². The number of benzene rings is 1. The largest absolute Gasteiger partial charge is 0.310 e. The molecule has 1 aromatic rings. The van der Waals surface area contributed by atoms with E-state index in [4.69, 9.17) is 0 Å². The summed E-state index contributed by atoms with van der Waals surface area (Å²) < 4.78 is 0. The molecule has 0 saturated heterocycles. The standard InChI is InChI=1S/C18H29N/c1-4-11-19-18-10-8-7-9-16-12-14(5-2)15(6-3)13-17(16)18/h12-13,18-19H,4-11H2,1-3H3. The van der Waals surface area contributed by atoms with E-state index in [-0.39, 0.29) is 0 Å². The molecule has 1 N–H and O–H groups in total. The van der Waals surface area contributed by atoms with E-state index in [9.17, 15) is 0 Å². The molecule has 0 saturated carbocycles. The lowest BCUT2D eigenvalue weighted by atomic mass is 9.91. The quantitative estimate of drug-likeness (QED) is 0.763. The van der Waals surface area contributed by atoms with Crippen molar-refractivity contribution in [2.75, 3.05) is 6.54 Å². The fraction of sp³-hybridized carbons (Fsp3) is 0.667. The van der Waals surface area contributed by atoms with Crippen LogP contribution in [0, 0.1) is 0 Å². The lowest BCUT2D eigenvalue weighted by molar-refractivity contribution is 0.489. The Kier molecular flexibility index (Phi) is 5.45. The van der Waals surface area contributed by atoms with Crippen LogP contribution in [-0.2, 0) is 19.3 Å². The summed E-state index contributed by atoms with van der Waals surface area (Å²) in [5.74, 6) is 0. The zero-order chi connectivity index (χ0) is 13.7. The van der Waals surface area contributed by atoms with Gasteiger partial charge >= 0.3 is 0 Å². The molecule has 1 aliphatic carbocycles. The van der Waals surface area contributed by atoms with Crippen LogP contribution in [-0.4, -0.2) is 6.54 Å². The summed E-state index contributed by atoms with van der Waals surface area (Å²) in [6.07, 6.45) is 8.85. The molecular weight excluding hydrogens is 230 g/mol. The molecule has 1 atom stereocenters. The van der Waals surface area contributed by atoms with Crippen molar-refractivity contribution in [1.82, 2.24) is 5.32 Å². The molecule has 1 aromatic carbocycles. The summed E-state index contributed by atoms with van der Waals surface area (Å²) in [6, 6.07) is 5.60. The summed E-state index contributed by atoms with van der Waals surface area (Å²) in [7, 11) is 0. The molecule has 0 amide bonds. The lowest BCUT2D eigenvalue weighted by Crippen LogP contribution is -2.22. The van der Waals surface area contributed by atoms with Crippen molar-refractivity contribution in [2.24, 2.45) is 0 Å². The summed E-state index contributed by atoms with van der Waals surface area (Å²) in [6.45, 7) is 7.96. The van der Waals surface area contributed by atoms with E-state index in [1.54, 1.807) is 22.3 Å². The topological polar surface area (TPSA) is 12.0 Å². The molecule has 0 bridgehead atoms. The van der Waals surface area contributed by atoms with Crippen LogP contribution in [0.4, 0.5) is 0 Å². The molecule has 0 aromatic heterocycles. The van der Waals surface area contributed by atoms with Gasteiger partial charge in [0.05, 0.1) is 0 Å². The average Bonchev–Trinajstić information content (AvgIpc) is 2.65. The minimum Gasteiger partial charge on any atom is -0.310 e. The van der Waals surface area contributed by atoms with E-state index in [1.807, 2.05) is 0 Å². The van der Waals surface area contributed by atoms with Gasteiger partial charge < -0.3 is 5.32 Å². The highest BCUT2D eigenvalue weighted by Crippen LogP contribution is 2.31. The number of rotatable bonds is 5. The molecule has 0 radical (unpaired) electrons. The van der Waals surface area contributed by atoms with Crippen molar-refractivity contribution in [3.05, 3.63) is 34.4 Å². The van der Waals surface area contributed by atoms with Crippen LogP contribution in [0.15, 0.2) is 12.1 Å². The molecule has 1 heteroatoms. The molecule has 1 unspecified atom stereocenters.